The van der Waals surface area contributed by atoms with Crippen LogP contribution in [-0.2, 0) is 11.8 Å². The van der Waals surface area contributed by atoms with E-state index in [4.69, 9.17) is 15.0 Å². The molecular weight excluding hydrogens is 1760 g/mol. The Kier molecular flexibility index (Phi) is 21.4. The van der Waals surface area contributed by atoms with Gasteiger partial charge in [0.05, 0.1) is 51.6 Å². The number of nitrogens with zero attached hydrogens (tertiary/aromatic N) is 3. The smallest absolute Gasteiger partial charge is 0.0969 e. The molecule has 0 saturated heterocycles. The van der Waals surface area contributed by atoms with E-state index in [1.807, 2.05) is 39.5 Å². The van der Waals surface area contributed by atoms with Crippen LogP contribution in [0.2, 0.25) is 0 Å². The molecule has 7 heteroatoms. The van der Waals surface area contributed by atoms with Crippen molar-refractivity contribution < 1.29 is 0 Å². The van der Waals surface area contributed by atoms with Gasteiger partial charge in [-0.05, 0) is 251 Å². The topological polar surface area (TPSA) is 38.7 Å². The average molecular weight is 1850 g/mol. The SMILES string of the molecule is CCc1nc2c(-c3ccc4sc5ccccc5c4c3)ccc(-c3ccc(-c4ccccc4)cc3-c3ccccc3)c2s1.c1ccc2c(-c3ccc(-c4cc(-c5ccc(-c6cccc7ccccc67)cc5)c5ncsc5c4)cc3)cccc2c1.c1ccc2c(c1)-c1ccccc1C21c2ccccc2-c2ccc(-c3cc(-c4ccc(-c5cccc6ccccc56)cc4)c4nc(C5CCCCC5)sc4c3)cc21. The van der Waals surface area contributed by atoms with Gasteiger partial charge in [-0.3, -0.25) is 0 Å². The van der Waals surface area contributed by atoms with E-state index >= 15 is 0 Å². The fourth-order valence-corrected chi connectivity index (χ4v) is 26.6. The van der Waals surface area contributed by atoms with Gasteiger partial charge in [-0.25, -0.2) is 15.0 Å². The Hall–Kier alpha value is -15.7. The number of rotatable bonds is 13. The van der Waals surface area contributed by atoms with Gasteiger partial charge in [0.2, 0.25) is 0 Å². The summed E-state index contributed by atoms with van der Waals surface area (Å²) in [5.74, 6) is 0.562. The summed E-state index contributed by atoms with van der Waals surface area (Å²) < 4.78 is 6.40. The molecule has 0 N–H and O–H groups in total. The van der Waals surface area contributed by atoms with Crippen molar-refractivity contribution in [1.29, 1.82) is 0 Å². The summed E-state index contributed by atoms with van der Waals surface area (Å²) in [5.41, 5.74) is 42.7. The van der Waals surface area contributed by atoms with Crippen molar-refractivity contribution in [3.63, 3.8) is 0 Å². The van der Waals surface area contributed by atoms with E-state index in [0.717, 1.165) is 23.0 Å². The van der Waals surface area contributed by atoms with E-state index in [-0.39, 0.29) is 5.41 Å². The number of hydrogen-bond acceptors (Lipinski definition) is 7. The van der Waals surface area contributed by atoms with Gasteiger partial charge in [-0.2, -0.15) is 0 Å². The van der Waals surface area contributed by atoms with Crippen LogP contribution in [0, 0.1) is 0 Å². The van der Waals surface area contributed by atoms with E-state index in [0.29, 0.717) is 5.92 Å². The molecule has 3 aliphatic carbocycles. The molecule has 658 valence electrons. The van der Waals surface area contributed by atoms with E-state index in [1.54, 1.807) is 11.3 Å². The van der Waals surface area contributed by atoms with Crippen LogP contribution in [0.15, 0.2) is 454 Å². The third kappa shape index (κ3) is 14.8. The summed E-state index contributed by atoms with van der Waals surface area (Å²) in [5, 5.41) is 12.8. The van der Waals surface area contributed by atoms with Crippen molar-refractivity contribution in [3.8, 4) is 145 Å². The van der Waals surface area contributed by atoms with Crippen LogP contribution in [0.1, 0.15) is 77.2 Å². The lowest BCUT2D eigenvalue weighted by Gasteiger charge is -2.30. The largest absolute Gasteiger partial charge is 0.244 e. The molecular formula is C132H91N3S4. The molecule has 4 heterocycles. The van der Waals surface area contributed by atoms with Crippen LogP contribution in [0.5, 0.6) is 0 Å². The molecule has 21 aromatic carbocycles. The van der Waals surface area contributed by atoms with Gasteiger partial charge < -0.3 is 0 Å². The molecule has 1 fully saturated rings. The highest BCUT2D eigenvalue weighted by Gasteiger charge is 2.51. The second-order valence-corrected chi connectivity index (χ2v) is 41.2. The number of aryl methyl sites for hydroxylation is 1. The first-order chi connectivity index (χ1) is 68.8. The fourth-order valence-electron chi connectivity index (χ4n) is 22.5. The minimum absolute atomic E-state index is 0.363. The molecule has 1 spiro atoms. The summed E-state index contributed by atoms with van der Waals surface area (Å²) in [6, 6.07) is 165. The zero-order valence-electron chi connectivity index (χ0n) is 76.6. The Bertz CT molecular complexity index is 9010. The van der Waals surface area contributed by atoms with Crippen molar-refractivity contribution in [2.75, 3.05) is 0 Å². The number of thiophene rings is 1. The van der Waals surface area contributed by atoms with E-state index in [1.165, 1.54) is 276 Å². The maximum atomic E-state index is 5.48. The lowest BCUT2D eigenvalue weighted by Crippen LogP contribution is -2.25. The number of aromatic nitrogens is 3. The molecule has 4 aromatic heterocycles. The minimum Gasteiger partial charge on any atom is -0.244 e. The predicted octanol–water partition coefficient (Wildman–Crippen LogP) is 38.0. The maximum absolute atomic E-state index is 5.48. The van der Waals surface area contributed by atoms with Gasteiger partial charge in [0.1, 0.15) is 0 Å². The van der Waals surface area contributed by atoms with Crippen LogP contribution < -0.4 is 0 Å². The third-order valence-electron chi connectivity index (χ3n) is 29.2. The molecule has 1 saturated carbocycles. The quantitative estimate of drug-likeness (QED) is 0.115. The first-order valence-electron chi connectivity index (χ1n) is 48.4. The van der Waals surface area contributed by atoms with Gasteiger partial charge in [-0.15, -0.1) is 45.3 Å². The number of thiazole rings is 3. The monoisotopic (exact) mass is 1850 g/mol. The Morgan fingerprint density at radius 1 is 0.237 bits per heavy atom. The summed E-state index contributed by atoms with van der Waals surface area (Å²) in [6.45, 7) is 2.20. The van der Waals surface area contributed by atoms with Crippen molar-refractivity contribution >= 4 is 128 Å². The summed E-state index contributed by atoms with van der Waals surface area (Å²) in [7, 11) is 0. The first-order valence-corrected chi connectivity index (χ1v) is 51.8. The van der Waals surface area contributed by atoms with E-state index in [2.05, 4.69) is 456 Å². The molecule has 0 unspecified atom stereocenters. The van der Waals surface area contributed by atoms with E-state index in [9.17, 15) is 0 Å². The molecule has 3 aliphatic rings. The van der Waals surface area contributed by atoms with Crippen LogP contribution in [-0.4, -0.2) is 15.0 Å². The minimum atomic E-state index is -0.363. The molecule has 0 aliphatic heterocycles. The van der Waals surface area contributed by atoms with Crippen molar-refractivity contribution in [2.24, 2.45) is 0 Å². The predicted molar refractivity (Wildman–Crippen MR) is 596 cm³/mol. The summed E-state index contributed by atoms with van der Waals surface area (Å²) in [6.07, 6.45) is 7.37. The van der Waals surface area contributed by atoms with Gasteiger partial charge >= 0.3 is 0 Å². The molecule has 28 rings (SSSR count). The highest BCUT2D eigenvalue weighted by atomic mass is 32.1. The van der Waals surface area contributed by atoms with Crippen LogP contribution in [0.25, 0.3) is 228 Å². The number of hydrogen-bond donors (Lipinski definition) is 0. The first kappa shape index (κ1) is 83.8. The second-order valence-electron chi connectivity index (χ2n) is 37.0. The van der Waals surface area contributed by atoms with Gasteiger partial charge in [0, 0.05) is 48.3 Å². The fraction of sp³-hybridized carbons (Fsp3) is 0.0682. The molecule has 0 radical (unpaired) electrons. The molecule has 0 amide bonds. The van der Waals surface area contributed by atoms with Crippen molar-refractivity contribution in [3.05, 3.63) is 487 Å². The van der Waals surface area contributed by atoms with Crippen LogP contribution in [0.4, 0.5) is 0 Å². The summed E-state index contributed by atoms with van der Waals surface area (Å²) in [4.78, 5) is 15.4. The number of benzene rings is 21. The van der Waals surface area contributed by atoms with Gasteiger partial charge in [0.25, 0.3) is 0 Å². The normalized spacial score (nSPS) is 13.0. The number of fused-ring (bicyclic) bond motifs is 19. The summed E-state index contributed by atoms with van der Waals surface area (Å²) >= 11 is 7.32. The van der Waals surface area contributed by atoms with Gasteiger partial charge in [-0.1, -0.05) is 421 Å². The van der Waals surface area contributed by atoms with Crippen molar-refractivity contribution in [2.45, 2.75) is 56.8 Å². The Morgan fingerprint density at radius 2 is 0.647 bits per heavy atom. The lowest BCUT2D eigenvalue weighted by molar-refractivity contribution is 0.443. The molecule has 0 atom stereocenters. The zero-order valence-corrected chi connectivity index (χ0v) is 79.9. The molecule has 25 aromatic rings. The highest BCUT2D eigenvalue weighted by Crippen LogP contribution is 2.64. The van der Waals surface area contributed by atoms with Crippen LogP contribution in [0.3, 0.4) is 0 Å². The highest BCUT2D eigenvalue weighted by molar-refractivity contribution is 7.25. The Balaban J connectivity index is 0.000000109. The molecule has 3 nitrogen and oxygen atoms in total. The molecule has 0 bridgehead atoms. The lowest BCUT2D eigenvalue weighted by atomic mass is 9.70. The van der Waals surface area contributed by atoms with Crippen molar-refractivity contribution in [1.82, 2.24) is 15.0 Å². The molecule has 139 heavy (non-hydrogen) atoms. The third-order valence-corrected chi connectivity index (χ3v) is 33.6. The van der Waals surface area contributed by atoms with E-state index < -0.39 is 0 Å². The Labute approximate surface area is 824 Å². The Morgan fingerprint density at radius 3 is 1.23 bits per heavy atom. The van der Waals surface area contributed by atoms with Gasteiger partial charge in [0.15, 0.2) is 0 Å². The average Bonchev–Trinajstić information content (AvgIpc) is 1.51. The standard InChI is InChI=1S/C54H39NS.C39H27NS2.C39H25NS/c1-2-14-37(15-3-1)53-55-52-46(36-27-25-35(26-28-36)41-21-12-16-34-13-4-5-17-40(34)41)31-39(33-51(52)56-53)38-29-30-45-44-20-8-11-24-49(44)54(50(45)32-38)47-22-9-6-18-42(47)43-19-7-10-23-48(43)54;1-2-37-40-38-29(28-18-22-36-34(24-28)31-15-9-10-16-35(31)41-36)20-21-32(39(38)42-37)30-19-17-27(25-11-5-3-6-12-25)23-33(30)26-13-7-4-8-14-26;1-3-11-33-27(7-1)9-5-13-35(33)29-17-15-26(16-18-29)32-23-37(39-38(24-32)41-25-40-39)31-21-19-30(20-22-31)36-14-6-10-28-8-2-4-12-34(28)36/h4-13,16-33,37H,1-3,14-15H2;3-24H,2H2,1H3;1-25H. The zero-order chi connectivity index (χ0) is 92.0. The maximum Gasteiger partial charge on any atom is 0.0969 e. The van der Waals surface area contributed by atoms with Crippen LogP contribution >= 0.6 is 45.3 Å². The second kappa shape index (κ2) is 35.4.